The standard InChI is InChI=1S/C12H24N2O/c1-3-4-8-12(2,11(13)15)10-7-5-6-9-14-10/h10,14H,3-9H2,1-2H3,(H2,13,15). The Morgan fingerprint density at radius 3 is 2.73 bits per heavy atom. The molecule has 3 heteroatoms. The van der Waals surface area contributed by atoms with E-state index in [4.69, 9.17) is 5.73 Å². The molecular weight excluding hydrogens is 188 g/mol. The first-order valence-electron chi connectivity index (χ1n) is 6.14. The molecule has 0 aliphatic carbocycles. The lowest BCUT2D eigenvalue weighted by molar-refractivity contribution is -0.129. The molecular formula is C12H24N2O. The van der Waals surface area contributed by atoms with E-state index in [0.717, 1.165) is 32.2 Å². The van der Waals surface area contributed by atoms with Gasteiger partial charge in [0.25, 0.3) is 0 Å². The van der Waals surface area contributed by atoms with Gasteiger partial charge in [-0.1, -0.05) is 26.2 Å². The number of nitrogens with two attached hydrogens (primary N) is 1. The first-order chi connectivity index (χ1) is 7.11. The Bertz CT molecular complexity index is 212. The maximum atomic E-state index is 11.6. The van der Waals surface area contributed by atoms with Gasteiger partial charge in [-0.25, -0.2) is 0 Å². The molecule has 0 radical (unpaired) electrons. The molecule has 1 aliphatic rings. The van der Waals surface area contributed by atoms with Gasteiger partial charge in [0.1, 0.15) is 0 Å². The highest BCUT2D eigenvalue weighted by Gasteiger charge is 2.39. The van der Waals surface area contributed by atoms with Crippen molar-refractivity contribution < 1.29 is 4.79 Å². The number of carbonyl (C=O) groups excluding carboxylic acids is 1. The molecule has 3 nitrogen and oxygen atoms in total. The smallest absolute Gasteiger partial charge is 0.224 e. The number of unbranched alkanes of at least 4 members (excludes halogenated alkanes) is 1. The van der Waals surface area contributed by atoms with Gasteiger partial charge in [0.2, 0.25) is 5.91 Å². The van der Waals surface area contributed by atoms with Gasteiger partial charge in [-0.05, 0) is 32.7 Å². The van der Waals surface area contributed by atoms with E-state index in [1.807, 2.05) is 6.92 Å². The Morgan fingerprint density at radius 2 is 2.27 bits per heavy atom. The zero-order chi connectivity index (χ0) is 11.3. The maximum Gasteiger partial charge on any atom is 0.224 e. The van der Waals surface area contributed by atoms with Crippen molar-refractivity contribution >= 4 is 5.91 Å². The fraction of sp³-hybridized carbons (Fsp3) is 0.917. The van der Waals surface area contributed by atoms with E-state index in [9.17, 15) is 4.79 Å². The van der Waals surface area contributed by atoms with Gasteiger partial charge >= 0.3 is 0 Å². The predicted molar refractivity (Wildman–Crippen MR) is 62.5 cm³/mol. The third-order valence-electron chi connectivity index (χ3n) is 3.69. The molecule has 1 heterocycles. The summed E-state index contributed by atoms with van der Waals surface area (Å²) < 4.78 is 0. The number of rotatable bonds is 5. The van der Waals surface area contributed by atoms with Crippen molar-refractivity contribution in [2.75, 3.05) is 6.54 Å². The SMILES string of the molecule is CCCCC(C)(C(N)=O)C1CCCCN1. The third kappa shape index (κ3) is 2.94. The predicted octanol–water partition coefficient (Wildman–Crippen LogP) is 1.81. The summed E-state index contributed by atoms with van der Waals surface area (Å²) in [6, 6.07) is 0.287. The van der Waals surface area contributed by atoms with Crippen LogP contribution < -0.4 is 11.1 Å². The molecule has 0 aromatic heterocycles. The summed E-state index contributed by atoms with van der Waals surface area (Å²) in [6.07, 6.45) is 6.64. The molecule has 88 valence electrons. The van der Waals surface area contributed by atoms with E-state index in [2.05, 4.69) is 12.2 Å². The Hall–Kier alpha value is -0.570. The third-order valence-corrected chi connectivity index (χ3v) is 3.69. The first-order valence-corrected chi connectivity index (χ1v) is 6.14. The molecule has 0 aromatic rings. The van der Waals surface area contributed by atoms with Crippen LogP contribution in [0.25, 0.3) is 0 Å². The summed E-state index contributed by atoms with van der Waals surface area (Å²) in [5.74, 6) is -0.143. The van der Waals surface area contributed by atoms with Gasteiger partial charge in [0.15, 0.2) is 0 Å². The lowest BCUT2D eigenvalue weighted by Gasteiger charge is -2.38. The van der Waals surface area contributed by atoms with E-state index in [-0.39, 0.29) is 17.4 Å². The first kappa shape index (κ1) is 12.5. The molecule has 0 bridgehead atoms. The van der Waals surface area contributed by atoms with E-state index >= 15 is 0 Å². The highest BCUT2D eigenvalue weighted by molar-refractivity contribution is 5.81. The molecule has 1 amide bonds. The Morgan fingerprint density at radius 1 is 1.53 bits per heavy atom. The molecule has 1 rings (SSSR count). The van der Waals surface area contributed by atoms with Gasteiger partial charge in [-0.15, -0.1) is 0 Å². The lowest BCUT2D eigenvalue weighted by Crippen LogP contribution is -2.52. The van der Waals surface area contributed by atoms with Crippen LogP contribution >= 0.6 is 0 Å². The summed E-state index contributed by atoms with van der Waals surface area (Å²) in [4.78, 5) is 11.6. The normalized spacial score (nSPS) is 25.9. The van der Waals surface area contributed by atoms with Crippen LogP contribution in [0.5, 0.6) is 0 Å². The molecule has 1 aliphatic heterocycles. The summed E-state index contributed by atoms with van der Waals surface area (Å²) in [6.45, 7) is 5.20. The zero-order valence-corrected chi connectivity index (χ0v) is 10.0. The van der Waals surface area contributed by atoms with Gasteiger partial charge in [-0.2, -0.15) is 0 Å². The number of nitrogens with one attached hydrogen (secondary N) is 1. The molecule has 1 fully saturated rings. The van der Waals surface area contributed by atoms with Gasteiger partial charge < -0.3 is 11.1 Å². The minimum Gasteiger partial charge on any atom is -0.369 e. The van der Waals surface area contributed by atoms with Crippen molar-refractivity contribution in [1.82, 2.24) is 5.32 Å². The highest BCUT2D eigenvalue weighted by atomic mass is 16.1. The average molecular weight is 212 g/mol. The molecule has 0 saturated carbocycles. The van der Waals surface area contributed by atoms with E-state index in [1.54, 1.807) is 0 Å². The van der Waals surface area contributed by atoms with Crippen molar-refractivity contribution in [2.45, 2.75) is 58.4 Å². The summed E-state index contributed by atoms with van der Waals surface area (Å²) in [5, 5.41) is 3.45. The van der Waals surface area contributed by atoms with Crippen LogP contribution in [0.15, 0.2) is 0 Å². The Balaban J connectivity index is 2.65. The molecule has 0 aromatic carbocycles. The van der Waals surface area contributed by atoms with Crippen LogP contribution in [-0.2, 0) is 4.79 Å². The average Bonchev–Trinajstić information content (AvgIpc) is 2.27. The minimum absolute atomic E-state index is 0.143. The largest absolute Gasteiger partial charge is 0.369 e. The van der Waals surface area contributed by atoms with Crippen LogP contribution in [-0.4, -0.2) is 18.5 Å². The van der Waals surface area contributed by atoms with Crippen molar-refractivity contribution in [1.29, 1.82) is 0 Å². The van der Waals surface area contributed by atoms with E-state index in [1.165, 1.54) is 12.8 Å². The fourth-order valence-electron chi connectivity index (χ4n) is 2.41. The number of piperidine rings is 1. The van der Waals surface area contributed by atoms with Crippen LogP contribution in [0.4, 0.5) is 0 Å². The second kappa shape index (κ2) is 5.50. The number of hydrogen-bond acceptors (Lipinski definition) is 2. The topological polar surface area (TPSA) is 55.1 Å². The summed E-state index contributed by atoms with van der Waals surface area (Å²) in [5.41, 5.74) is 5.21. The number of hydrogen-bond donors (Lipinski definition) is 2. The molecule has 0 spiro atoms. The van der Waals surface area contributed by atoms with Crippen LogP contribution in [0.2, 0.25) is 0 Å². The number of amides is 1. The van der Waals surface area contributed by atoms with Crippen LogP contribution in [0.3, 0.4) is 0 Å². The summed E-state index contributed by atoms with van der Waals surface area (Å²) in [7, 11) is 0. The second-order valence-electron chi connectivity index (χ2n) is 4.89. The van der Waals surface area contributed by atoms with Crippen molar-refractivity contribution in [3.63, 3.8) is 0 Å². The molecule has 2 unspecified atom stereocenters. The van der Waals surface area contributed by atoms with Crippen molar-refractivity contribution in [3.8, 4) is 0 Å². The van der Waals surface area contributed by atoms with Crippen LogP contribution in [0, 0.1) is 5.41 Å². The molecule has 3 N–H and O–H groups in total. The minimum atomic E-state index is -0.351. The fourth-order valence-corrected chi connectivity index (χ4v) is 2.41. The van der Waals surface area contributed by atoms with Gasteiger partial charge in [0.05, 0.1) is 5.41 Å². The quantitative estimate of drug-likeness (QED) is 0.730. The molecule has 1 saturated heterocycles. The monoisotopic (exact) mass is 212 g/mol. The van der Waals surface area contributed by atoms with E-state index in [0.29, 0.717) is 0 Å². The Kier molecular flexibility index (Phi) is 4.58. The highest BCUT2D eigenvalue weighted by Crippen LogP contribution is 2.32. The molecule has 15 heavy (non-hydrogen) atoms. The summed E-state index contributed by atoms with van der Waals surface area (Å²) >= 11 is 0. The van der Waals surface area contributed by atoms with Crippen molar-refractivity contribution in [2.24, 2.45) is 11.1 Å². The van der Waals surface area contributed by atoms with Gasteiger partial charge in [0, 0.05) is 6.04 Å². The van der Waals surface area contributed by atoms with Crippen molar-refractivity contribution in [3.05, 3.63) is 0 Å². The number of primary amides is 1. The second-order valence-corrected chi connectivity index (χ2v) is 4.89. The zero-order valence-electron chi connectivity index (χ0n) is 10.0. The number of carbonyl (C=O) groups is 1. The molecule has 2 atom stereocenters. The Labute approximate surface area is 92.8 Å². The lowest BCUT2D eigenvalue weighted by atomic mass is 9.74. The van der Waals surface area contributed by atoms with Crippen LogP contribution in [0.1, 0.15) is 52.4 Å². The van der Waals surface area contributed by atoms with E-state index < -0.39 is 0 Å². The van der Waals surface area contributed by atoms with Gasteiger partial charge in [-0.3, -0.25) is 4.79 Å². The maximum absolute atomic E-state index is 11.6.